The molecule has 23 heavy (non-hydrogen) atoms. The molecule has 2 rings (SSSR count). The first-order valence-electron chi connectivity index (χ1n) is 8.05. The van der Waals surface area contributed by atoms with Gasteiger partial charge in [-0.2, -0.15) is 0 Å². The van der Waals surface area contributed by atoms with E-state index in [9.17, 15) is 14.0 Å². The van der Waals surface area contributed by atoms with Crippen molar-refractivity contribution in [1.82, 2.24) is 10.6 Å². The van der Waals surface area contributed by atoms with E-state index in [2.05, 4.69) is 10.6 Å². The molecule has 0 aliphatic heterocycles. The van der Waals surface area contributed by atoms with Crippen LogP contribution in [0.25, 0.3) is 0 Å². The van der Waals surface area contributed by atoms with Gasteiger partial charge in [-0.05, 0) is 43.9 Å². The van der Waals surface area contributed by atoms with Gasteiger partial charge in [0.1, 0.15) is 5.82 Å². The Kier molecular flexibility index (Phi) is 6.10. The fourth-order valence-electron chi connectivity index (χ4n) is 2.81. The third-order valence-electron chi connectivity index (χ3n) is 4.23. The largest absolute Gasteiger partial charge is 0.354 e. The zero-order valence-corrected chi connectivity index (χ0v) is 13.4. The van der Waals surface area contributed by atoms with Gasteiger partial charge in [-0.1, -0.05) is 12.5 Å². The molecule has 1 aromatic carbocycles. The molecule has 1 aliphatic carbocycles. The van der Waals surface area contributed by atoms with E-state index in [1.165, 1.54) is 6.07 Å². The van der Waals surface area contributed by atoms with Crippen LogP contribution in [0.4, 0.5) is 4.39 Å². The molecular formula is C17H24FN3O2. The summed E-state index contributed by atoms with van der Waals surface area (Å²) in [5, 5.41) is 5.48. The summed E-state index contributed by atoms with van der Waals surface area (Å²) in [6.07, 6.45) is 3.55. The Balaban J connectivity index is 1.71. The molecule has 6 heteroatoms. The Hall–Kier alpha value is -1.95. The molecule has 2 unspecified atom stereocenters. The van der Waals surface area contributed by atoms with Gasteiger partial charge < -0.3 is 16.4 Å². The van der Waals surface area contributed by atoms with E-state index in [0.29, 0.717) is 18.7 Å². The highest BCUT2D eigenvalue weighted by molar-refractivity contribution is 5.94. The number of nitrogens with one attached hydrogen (secondary N) is 2. The SMILES string of the molecule is Cc1ccc(C(=O)NCCNC(=O)C2CCCC(N)C2)cc1F. The summed E-state index contributed by atoms with van der Waals surface area (Å²) < 4.78 is 13.4. The predicted molar refractivity (Wildman–Crippen MR) is 86.4 cm³/mol. The average molecular weight is 321 g/mol. The number of nitrogens with two attached hydrogens (primary N) is 1. The number of aryl methyl sites for hydroxylation is 1. The molecule has 1 fully saturated rings. The number of carbonyl (C=O) groups is 2. The molecule has 0 radical (unpaired) electrons. The van der Waals surface area contributed by atoms with E-state index in [1.807, 2.05) is 0 Å². The van der Waals surface area contributed by atoms with E-state index in [-0.39, 0.29) is 29.3 Å². The normalized spacial score (nSPS) is 20.8. The lowest BCUT2D eigenvalue weighted by Gasteiger charge is -2.25. The molecule has 0 bridgehead atoms. The van der Waals surface area contributed by atoms with Crippen LogP contribution in [0.2, 0.25) is 0 Å². The van der Waals surface area contributed by atoms with Gasteiger partial charge in [0.25, 0.3) is 5.91 Å². The number of amides is 2. The summed E-state index contributed by atoms with van der Waals surface area (Å²) in [5.41, 5.74) is 6.65. The number of benzene rings is 1. The maximum Gasteiger partial charge on any atom is 0.251 e. The molecule has 1 aromatic rings. The average Bonchev–Trinajstić information content (AvgIpc) is 2.53. The lowest BCUT2D eigenvalue weighted by Crippen LogP contribution is -2.40. The summed E-state index contributed by atoms with van der Waals surface area (Å²) in [5.74, 6) is -0.783. The summed E-state index contributed by atoms with van der Waals surface area (Å²) in [6.45, 7) is 2.30. The molecule has 4 N–H and O–H groups in total. The first-order chi connectivity index (χ1) is 11.0. The Bertz CT molecular complexity index is 577. The lowest BCUT2D eigenvalue weighted by atomic mass is 9.85. The summed E-state index contributed by atoms with van der Waals surface area (Å²) in [6, 6.07) is 4.47. The zero-order valence-electron chi connectivity index (χ0n) is 13.4. The van der Waals surface area contributed by atoms with Gasteiger partial charge in [0.2, 0.25) is 5.91 Å². The molecule has 2 atom stereocenters. The number of hydrogen-bond acceptors (Lipinski definition) is 3. The first-order valence-corrected chi connectivity index (χ1v) is 8.05. The van der Waals surface area contributed by atoms with E-state index in [4.69, 9.17) is 5.73 Å². The van der Waals surface area contributed by atoms with Gasteiger partial charge in [-0.25, -0.2) is 4.39 Å². The van der Waals surface area contributed by atoms with Crippen molar-refractivity contribution in [3.63, 3.8) is 0 Å². The molecule has 126 valence electrons. The van der Waals surface area contributed by atoms with Crippen molar-refractivity contribution < 1.29 is 14.0 Å². The van der Waals surface area contributed by atoms with Crippen LogP contribution in [0.3, 0.4) is 0 Å². The summed E-state index contributed by atoms with van der Waals surface area (Å²) >= 11 is 0. The second kappa shape index (κ2) is 8.06. The lowest BCUT2D eigenvalue weighted by molar-refractivity contribution is -0.126. The molecule has 0 aromatic heterocycles. The van der Waals surface area contributed by atoms with Crippen LogP contribution >= 0.6 is 0 Å². The molecule has 0 heterocycles. The Labute approximate surface area is 135 Å². The van der Waals surface area contributed by atoms with Gasteiger partial charge in [0.05, 0.1) is 0 Å². The monoisotopic (exact) mass is 321 g/mol. The van der Waals surface area contributed by atoms with Crippen LogP contribution < -0.4 is 16.4 Å². The Morgan fingerprint density at radius 3 is 2.70 bits per heavy atom. The number of halogens is 1. The highest BCUT2D eigenvalue weighted by Crippen LogP contribution is 2.22. The minimum Gasteiger partial charge on any atom is -0.354 e. The van der Waals surface area contributed by atoms with Gasteiger partial charge in [0.15, 0.2) is 0 Å². The van der Waals surface area contributed by atoms with Crippen molar-refractivity contribution >= 4 is 11.8 Å². The molecule has 5 nitrogen and oxygen atoms in total. The van der Waals surface area contributed by atoms with Crippen molar-refractivity contribution in [2.24, 2.45) is 11.7 Å². The second-order valence-corrected chi connectivity index (χ2v) is 6.13. The smallest absolute Gasteiger partial charge is 0.251 e. The van der Waals surface area contributed by atoms with Gasteiger partial charge in [-0.15, -0.1) is 0 Å². The van der Waals surface area contributed by atoms with E-state index in [1.54, 1.807) is 19.1 Å². The highest BCUT2D eigenvalue weighted by atomic mass is 19.1. The van der Waals surface area contributed by atoms with Gasteiger partial charge >= 0.3 is 0 Å². The van der Waals surface area contributed by atoms with E-state index >= 15 is 0 Å². The quantitative estimate of drug-likeness (QED) is 0.719. The van der Waals surface area contributed by atoms with Crippen LogP contribution in [-0.2, 0) is 4.79 Å². The summed E-state index contributed by atoms with van der Waals surface area (Å²) in [7, 11) is 0. The van der Waals surface area contributed by atoms with Crippen molar-refractivity contribution in [2.45, 2.75) is 38.6 Å². The van der Waals surface area contributed by atoms with Crippen LogP contribution in [0.15, 0.2) is 18.2 Å². The van der Waals surface area contributed by atoms with Crippen molar-refractivity contribution in [2.75, 3.05) is 13.1 Å². The fraction of sp³-hybridized carbons (Fsp3) is 0.529. The molecule has 0 spiro atoms. The molecule has 1 saturated carbocycles. The minimum absolute atomic E-state index is 0.00391. The molecular weight excluding hydrogens is 297 g/mol. The predicted octanol–water partition coefficient (Wildman–Crippen LogP) is 1.50. The zero-order chi connectivity index (χ0) is 16.8. The highest BCUT2D eigenvalue weighted by Gasteiger charge is 2.24. The maximum atomic E-state index is 13.4. The molecule has 0 saturated heterocycles. The van der Waals surface area contributed by atoms with Crippen LogP contribution in [0.1, 0.15) is 41.6 Å². The van der Waals surface area contributed by atoms with Crippen LogP contribution in [-0.4, -0.2) is 30.9 Å². The molecule has 1 aliphatic rings. The van der Waals surface area contributed by atoms with Crippen LogP contribution in [0.5, 0.6) is 0 Å². The van der Waals surface area contributed by atoms with Crippen molar-refractivity contribution in [1.29, 1.82) is 0 Å². The van der Waals surface area contributed by atoms with Gasteiger partial charge in [0, 0.05) is 30.6 Å². The minimum atomic E-state index is -0.403. The van der Waals surface area contributed by atoms with Crippen LogP contribution in [0, 0.1) is 18.7 Å². The van der Waals surface area contributed by atoms with E-state index < -0.39 is 5.82 Å². The second-order valence-electron chi connectivity index (χ2n) is 6.13. The maximum absolute atomic E-state index is 13.4. The number of rotatable bonds is 5. The van der Waals surface area contributed by atoms with E-state index in [0.717, 1.165) is 25.7 Å². The van der Waals surface area contributed by atoms with Crippen molar-refractivity contribution in [3.05, 3.63) is 35.1 Å². The Morgan fingerprint density at radius 2 is 2.00 bits per heavy atom. The van der Waals surface area contributed by atoms with Gasteiger partial charge in [-0.3, -0.25) is 9.59 Å². The topological polar surface area (TPSA) is 84.2 Å². The third-order valence-corrected chi connectivity index (χ3v) is 4.23. The molecule has 2 amide bonds. The number of hydrogen-bond donors (Lipinski definition) is 3. The Morgan fingerprint density at radius 1 is 1.26 bits per heavy atom. The summed E-state index contributed by atoms with van der Waals surface area (Å²) in [4.78, 5) is 23.9. The van der Waals surface area contributed by atoms with Crippen molar-refractivity contribution in [3.8, 4) is 0 Å². The standard InChI is InChI=1S/C17H24FN3O2/c1-11-5-6-13(10-15(11)18)17(23)21-8-7-20-16(22)12-3-2-4-14(19)9-12/h5-6,10,12,14H,2-4,7-9,19H2,1H3,(H,20,22)(H,21,23). The number of carbonyl (C=O) groups excluding carboxylic acids is 2. The first kappa shape index (κ1) is 17.4. The fourth-order valence-corrected chi connectivity index (χ4v) is 2.81. The third kappa shape index (κ3) is 5.03.